The number of nitrogens with one attached hydrogen (secondary N) is 2. The van der Waals surface area contributed by atoms with Crippen molar-refractivity contribution in [2.45, 2.75) is 0 Å². The molecule has 5 rings (SSSR count). The second-order valence-corrected chi connectivity index (χ2v) is 5.79. The molecule has 0 aliphatic rings. The van der Waals surface area contributed by atoms with E-state index in [4.69, 9.17) is 8.83 Å². The van der Waals surface area contributed by atoms with Gasteiger partial charge in [-0.3, -0.25) is 9.89 Å². The van der Waals surface area contributed by atoms with Crippen molar-refractivity contribution in [2.24, 2.45) is 0 Å². The summed E-state index contributed by atoms with van der Waals surface area (Å²) in [6, 6.07) is 14.6. The van der Waals surface area contributed by atoms with Crippen LogP contribution in [0.1, 0.15) is 10.7 Å². The Balaban J connectivity index is 1.49. The van der Waals surface area contributed by atoms with Crippen molar-refractivity contribution in [3.05, 3.63) is 66.9 Å². The first kappa shape index (κ1) is 14.5. The Kier molecular flexibility index (Phi) is 3.11. The van der Waals surface area contributed by atoms with Crippen molar-refractivity contribution in [3.8, 4) is 11.3 Å². The van der Waals surface area contributed by atoms with Crippen LogP contribution in [0, 0.1) is 0 Å². The molecule has 0 spiro atoms. The largest absolute Gasteiger partial charge is 0.472 e. The van der Waals surface area contributed by atoms with Gasteiger partial charge in [0, 0.05) is 16.6 Å². The van der Waals surface area contributed by atoms with E-state index in [1.807, 2.05) is 30.3 Å². The van der Waals surface area contributed by atoms with E-state index in [9.17, 15) is 4.79 Å². The Morgan fingerprint density at radius 2 is 2.04 bits per heavy atom. The van der Waals surface area contributed by atoms with Gasteiger partial charge in [0.1, 0.15) is 11.2 Å². The zero-order valence-corrected chi connectivity index (χ0v) is 13.4. The van der Waals surface area contributed by atoms with Gasteiger partial charge in [-0.1, -0.05) is 12.1 Å². The molecule has 0 bridgehead atoms. The summed E-state index contributed by atoms with van der Waals surface area (Å²) in [5, 5.41) is 11.0. The number of hydrogen-bond acceptors (Lipinski definition) is 5. The zero-order chi connectivity index (χ0) is 17.5. The van der Waals surface area contributed by atoms with Crippen LogP contribution in [0.2, 0.25) is 0 Å². The average Bonchev–Trinajstić information content (AvgIpc) is 3.39. The predicted molar refractivity (Wildman–Crippen MR) is 95.8 cm³/mol. The summed E-state index contributed by atoms with van der Waals surface area (Å²) in [6.45, 7) is 0. The van der Waals surface area contributed by atoms with Crippen LogP contribution >= 0.6 is 0 Å². The van der Waals surface area contributed by atoms with E-state index in [-0.39, 0.29) is 5.89 Å². The van der Waals surface area contributed by atoms with Crippen LogP contribution in [0.4, 0.5) is 5.69 Å². The molecule has 7 heteroatoms. The molecule has 0 saturated heterocycles. The van der Waals surface area contributed by atoms with Gasteiger partial charge in [-0.2, -0.15) is 5.10 Å². The molecule has 26 heavy (non-hydrogen) atoms. The molecule has 7 nitrogen and oxygen atoms in total. The van der Waals surface area contributed by atoms with Gasteiger partial charge in [-0.25, -0.2) is 4.98 Å². The van der Waals surface area contributed by atoms with Gasteiger partial charge in [0.05, 0.1) is 18.0 Å². The number of rotatable bonds is 3. The summed E-state index contributed by atoms with van der Waals surface area (Å²) in [4.78, 5) is 16.7. The Labute approximate surface area is 146 Å². The summed E-state index contributed by atoms with van der Waals surface area (Å²) in [5.41, 5.74) is 4.32. The summed E-state index contributed by atoms with van der Waals surface area (Å²) < 4.78 is 10.6. The molecule has 2 aromatic carbocycles. The van der Waals surface area contributed by atoms with Gasteiger partial charge in [0.2, 0.25) is 0 Å². The van der Waals surface area contributed by atoms with E-state index in [0.717, 1.165) is 22.2 Å². The number of aromatic amines is 1. The third-order valence-electron chi connectivity index (χ3n) is 4.10. The topological polar surface area (TPSA) is 97.0 Å². The highest BCUT2D eigenvalue weighted by molar-refractivity contribution is 6.04. The lowest BCUT2D eigenvalue weighted by atomic mass is 10.1. The lowest BCUT2D eigenvalue weighted by Gasteiger charge is -2.03. The van der Waals surface area contributed by atoms with E-state index >= 15 is 0 Å². The standard InChI is InChI=1S/C19H12N4O3/c24-18(19-21-15-3-1-2-4-16(15)26-19)20-12-5-6-14-13(9-12)17(23-22-14)11-7-8-25-10-11/h1-10H,(H,20,24)(H,22,23). The summed E-state index contributed by atoms with van der Waals surface area (Å²) in [6.07, 6.45) is 3.22. The molecule has 126 valence electrons. The summed E-state index contributed by atoms with van der Waals surface area (Å²) in [5.74, 6) is -0.387. The van der Waals surface area contributed by atoms with E-state index in [1.165, 1.54) is 0 Å². The van der Waals surface area contributed by atoms with Crippen molar-refractivity contribution in [2.75, 3.05) is 5.32 Å². The molecule has 0 aliphatic carbocycles. The molecule has 0 aliphatic heterocycles. The minimum absolute atomic E-state index is 0.0218. The first-order chi connectivity index (χ1) is 12.8. The third kappa shape index (κ3) is 2.34. The van der Waals surface area contributed by atoms with Crippen molar-refractivity contribution >= 4 is 33.6 Å². The Morgan fingerprint density at radius 3 is 2.88 bits per heavy atom. The van der Waals surface area contributed by atoms with E-state index in [0.29, 0.717) is 16.8 Å². The zero-order valence-electron chi connectivity index (χ0n) is 13.4. The number of benzene rings is 2. The highest BCUT2D eigenvalue weighted by Gasteiger charge is 2.16. The maximum absolute atomic E-state index is 12.5. The highest BCUT2D eigenvalue weighted by atomic mass is 16.4. The fraction of sp³-hybridized carbons (Fsp3) is 0. The average molecular weight is 344 g/mol. The number of carbonyl (C=O) groups excluding carboxylic acids is 1. The molecule has 0 radical (unpaired) electrons. The Hall–Kier alpha value is -3.87. The van der Waals surface area contributed by atoms with Gasteiger partial charge in [0.15, 0.2) is 5.58 Å². The SMILES string of the molecule is O=C(Nc1ccc2[nH]nc(-c3ccoc3)c2c1)c1nc2ccccc2o1. The fourth-order valence-electron chi connectivity index (χ4n) is 2.86. The van der Waals surface area contributed by atoms with Crippen molar-refractivity contribution in [1.82, 2.24) is 15.2 Å². The second-order valence-electron chi connectivity index (χ2n) is 5.79. The molecule has 3 heterocycles. The number of carbonyl (C=O) groups is 1. The van der Waals surface area contributed by atoms with Gasteiger partial charge >= 0.3 is 5.91 Å². The number of anilines is 1. The lowest BCUT2D eigenvalue weighted by molar-refractivity contribution is 0.0992. The quantitative estimate of drug-likeness (QED) is 0.511. The normalized spacial score (nSPS) is 11.2. The number of oxazole rings is 1. The maximum Gasteiger partial charge on any atom is 0.311 e. The molecule has 0 unspecified atom stereocenters. The number of nitrogens with zero attached hydrogens (tertiary/aromatic N) is 2. The van der Waals surface area contributed by atoms with Crippen LogP contribution < -0.4 is 5.32 Å². The van der Waals surface area contributed by atoms with Gasteiger partial charge in [-0.05, 0) is 36.4 Å². The van der Waals surface area contributed by atoms with Crippen LogP contribution in [0.5, 0.6) is 0 Å². The van der Waals surface area contributed by atoms with Crippen LogP contribution in [-0.4, -0.2) is 21.1 Å². The van der Waals surface area contributed by atoms with Crippen LogP contribution in [0.15, 0.2) is 69.9 Å². The smallest absolute Gasteiger partial charge is 0.311 e. The number of aromatic nitrogens is 3. The Morgan fingerprint density at radius 1 is 1.12 bits per heavy atom. The van der Waals surface area contributed by atoms with E-state index < -0.39 is 5.91 Å². The lowest BCUT2D eigenvalue weighted by Crippen LogP contribution is -2.12. The first-order valence-electron chi connectivity index (χ1n) is 7.95. The maximum atomic E-state index is 12.5. The predicted octanol–water partition coefficient (Wildman–Crippen LogP) is 4.22. The number of fused-ring (bicyclic) bond motifs is 2. The number of amides is 1. The summed E-state index contributed by atoms with van der Waals surface area (Å²) in [7, 11) is 0. The number of hydrogen-bond donors (Lipinski definition) is 2. The third-order valence-corrected chi connectivity index (χ3v) is 4.10. The molecule has 2 N–H and O–H groups in total. The van der Waals surface area contributed by atoms with Crippen LogP contribution in [-0.2, 0) is 0 Å². The number of para-hydroxylation sites is 2. The molecular formula is C19H12N4O3. The summed E-state index contributed by atoms with van der Waals surface area (Å²) >= 11 is 0. The van der Waals surface area contributed by atoms with Crippen molar-refractivity contribution in [1.29, 1.82) is 0 Å². The van der Waals surface area contributed by atoms with Gasteiger partial charge < -0.3 is 14.2 Å². The van der Waals surface area contributed by atoms with Crippen LogP contribution in [0.3, 0.4) is 0 Å². The number of H-pyrrole nitrogens is 1. The van der Waals surface area contributed by atoms with Gasteiger partial charge in [0.25, 0.3) is 5.89 Å². The molecular weight excluding hydrogens is 332 g/mol. The molecule has 0 saturated carbocycles. The van der Waals surface area contributed by atoms with Gasteiger partial charge in [-0.15, -0.1) is 0 Å². The second kappa shape index (κ2) is 5.59. The molecule has 3 aromatic heterocycles. The highest BCUT2D eigenvalue weighted by Crippen LogP contribution is 2.29. The molecule has 0 atom stereocenters. The molecule has 5 aromatic rings. The van der Waals surface area contributed by atoms with E-state index in [1.54, 1.807) is 30.7 Å². The van der Waals surface area contributed by atoms with E-state index in [2.05, 4.69) is 20.5 Å². The first-order valence-corrected chi connectivity index (χ1v) is 7.95. The number of furan rings is 1. The molecule has 0 fully saturated rings. The fourth-order valence-corrected chi connectivity index (χ4v) is 2.86. The van der Waals surface area contributed by atoms with Crippen LogP contribution in [0.25, 0.3) is 33.3 Å². The monoisotopic (exact) mass is 344 g/mol. The minimum Gasteiger partial charge on any atom is -0.472 e. The minimum atomic E-state index is -0.408. The molecule has 1 amide bonds. The van der Waals surface area contributed by atoms with Crippen molar-refractivity contribution < 1.29 is 13.6 Å². The van der Waals surface area contributed by atoms with Crippen molar-refractivity contribution in [3.63, 3.8) is 0 Å². The Bertz CT molecular complexity index is 1200.